The van der Waals surface area contributed by atoms with Crippen molar-refractivity contribution < 1.29 is 4.74 Å². The number of nitrogens with one attached hydrogen (secondary N) is 1. The standard InChI is InChI=1S/C16H20BrNOS/c1-11(9-14-5-4-8-20-14)18-12(2)13-6-7-16(19-3)15(17)10-13/h4-8,10-12,18H,9H2,1-3H3. The molecule has 2 atom stereocenters. The molecule has 4 heteroatoms. The second-order valence-electron chi connectivity index (χ2n) is 4.97. The minimum atomic E-state index is 0.312. The molecule has 2 rings (SSSR count). The van der Waals surface area contributed by atoms with Crippen molar-refractivity contribution >= 4 is 27.3 Å². The highest BCUT2D eigenvalue weighted by atomic mass is 79.9. The number of benzene rings is 1. The normalized spacial score (nSPS) is 14.0. The average Bonchev–Trinajstić information content (AvgIpc) is 2.91. The summed E-state index contributed by atoms with van der Waals surface area (Å²) in [7, 11) is 1.69. The van der Waals surface area contributed by atoms with E-state index in [2.05, 4.69) is 64.7 Å². The third kappa shape index (κ3) is 4.08. The molecule has 0 aliphatic carbocycles. The topological polar surface area (TPSA) is 21.3 Å². The molecule has 1 aromatic heterocycles. The molecule has 2 unspecified atom stereocenters. The Labute approximate surface area is 133 Å². The molecule has 20 heavy (non-hydrogen) atoms. The largest absolute Gasteiger partial charge is 0.496 e. The van der Waals surface area contributed by atoms with Gasteiger partial charge in [0.1, 0.15) is 5.75 Å². The first kappa shape index (κ1) is 15.5. The Hall–Kier alpha value is -0.840. The van der Waals surface area contributed by atoms with Crippen LogP contribution in [0.4, 0.5) is 0 Å². The third-order valence-electron chi connectivity index (χ3n) is 3.30. The number of ether oxygens (including phenoxy) is 1. The molecule has 0 fully saturated rings. The SMILES string of the molecule is COc1ccc(C(C)NC(C)Cc2cccs2)cc1Br. The lowest BCUT2D eigenvalue weighted by Gasteiger charge is -2.20. The van der Waals surface area contributed by atoms with Crippen molar-refractivity contribution in [3.63, 3.8) is 0 Å². The molecular formula is C16H20BrNOS. The van der Waals surface area contributed by atoms with Gasteiger partial charge in [0.25, 0.3) is 0 Å². The lowest BCUT2D eigenvalue weighted by atomic mass is 10.1. The van der Waals surface area contributed by atoms with Crippen LogP contribution in [0.25, 0.3) is 0 Å². The Kier molecular flexibility index (Phi) is 5.64. The first-order valence-electron chi connectivity index (χ1n) is 6.72. The highest BCUT2D eigenvalue weighted by Gasteiger charge is 2.12. The predicted octanol–water partition coefficient (Wildman–Crippen LogP) is 4.80. The summed E-state index contributed by atoms with van der Waals surface area (Å²) in [5, 5.41) is 5.78. The highest BCUT2D eigenvalue weighted by molar-refractivity contribution is 9.10. The highest BCUT2D eigenvalue weighted by Crippen LogP contribution is 2.28. The van der Waals surface area contributed by atoms with E-state index < -0.39 is 0 Å². The van der Waals surface area contributed by atoms with Crippen LogP contribution in [0.5, 0.6) is 5.75 Å². The summed E-state index contributed by atoms with van der Waals surface area (Å²) in [5.74, 6) is 0.868. The van der Waals surface area contributed by atoms with E-state index in [1.807, 2.05) is 17.4 Å². The lowest BCUT2D eigenvalue weighted by Crippen LogP contribution is -2.30. The summed E-state index contributed by atoms with van der Waals surface area (Å²) in [6, 6.07) is 11.3. The van der Waals surface area contributed by atoms with Crippen LogP contribution in [0.3, 0.4) is 0 Å². The van der Waals surface area contributed by atoms with Crippen LogP contribution in [-0.2, 0) is 6.42 Å². The van der Waals surface area contributed by atoms with Crippen molar-refractivity contribution in [3.8, 4) is 5.75 Å². The summed E-state index contributed by atoms with van der Waals surface area (Å²) in [4.78, 5) is 1.42. The summed E-state index contributed by atoms with van der Waals surface area (Å²) in [5.41, 5.74) is 1.26. The lowest BCUT2D eigenvalue weighted by molar-refractivity contribution is 0.411. The maximum Gasteiger partial charge on any atom is 0.133 e. The van der Waals surface area contributed by atoms with Gasteiger partial charge in [0.05, 0.1) is 11.6 Å². The van der Waals surface area contributed by atoms with Crippen molar-refractivity contribution in [2.45, 2.75) is 32.4 Å². The van der Waals surface area contributed by atoms with Gasteiger partial charge in [-0.3, -0.25) is 0 Å². The van der Waals surface area contributed by atoms with Crippen LogP contribution in [0.2, 0.25) is 0 Å². The average molecular weight is 354 g/mol. The van der Waals surface area contributed by atoms with Crippen molar-refractivity contribution in [2.75, 3.05) is 7.11 Å². The smallest absolute Gasteiger partial charge is 0.133 e. The van der Waals surface area contributed by atoms with E-state index in [1.54, 1.807) is 7.11 Å². The van der Waals surface area contributed by atoms with Crippen LogP contribution >= 0.6 is 27.3 Å². The molecule has 108 valence electrons. The maximum absolute atomic E-state index is 5.27. The van der Waals surface area contributed by atoms with E-state index in [4.69, 9.17) is 4.74 Å². The van der Waals surface area contributed by atoms with Gasteiger partial charge in [0, 0.05) is 17.0 Å². The maximum atomic E-state index is 5.27. The Bertz CT molecular complexity index is 541. The predicted molar refractivity (Wildman–Crippen MR) is 89.7 cm³/mol. The second kappa shape index (κ2) is 7.25. The molecule has 0 aliphatic rings. The van der Waals surface area contributed by atoms with Crippen molar-refractivity contribution in [1.82, 2.24) is 5.32 Å². The van der Waals surface area contributed by atoms with Crippen LogP contribution < -0.4 is 10.1 Å². The summed E-state index contributed by atoms with van der Waals surface area (Å²) in [6.45, 7) is 4.42. The fourth-order valence-corrected chi connectivity index (χ4v) is 3.66. The molecule has 2 aromatic rings. The molecular weight excluding hydrogens is 334 g/mol. The number of hydrogen-bond acceptors (Lipinski definition) is 3. The minimum absolute atomic E-state index is 0.312. The first-order valence-corrected chi connectivity index (χ1v) is 8.39. The third-order valence-corrected chi connectivity index (χ3v) is 4.82. The van der Waals surface area contributed by atoms with Gasteiger partial charge in [0.2, 0.25) is 0 Å². The summed E-state index contributed by atoms with van der Waals surface area (Å²) >= 11 is 5.36. The molecule has 0 spiro atoms. The fraction of sp³-hybridized carbons (Fsp3) is 0.375. The molecule has 0 amide bonds. The van der Waals surface area contributed by atoms with Crippen LogP contribution in [0.1, 0.15) is 30.3 Å². The zero-order valence-corrected chi connectivity index (χ0v) is 14.4. The number of thiophene rings is 1. The summed E-state index contributed by atoms with van der Waals surface area (Å²) < 4.78 is 6.26. The van der Waals surface area contributed by atoms with Gasteiger partial charge < -0.3 is 10.1 Å². The van der Waals surface area contributed by atoms with E-state index in [9.17, 15) is 0 Å². The molecule has 0 aliphatic heterocycles. The van der Waals surface area contributed by atoms with Crippen LogP contribution in [0.15, 0.2) is 40.2 Å². The molecule has 2 nitrogen and oxygen atoms in total. The molecule has 1 heterocycles. The zero-order valence-electron chi connectivity index (χ0n) is 12.0. The van der Waals surface area contributed by atoms with E-state index in [1.165, 1.54) is 10.4 Å². The van der Waals surface area contributed by atoms with Gasteiger partial charge in [-0.1, -0.05) is 12.1 Å². The van der Waals surface area contributed by atoms with E-state index in [0.717, 1.165) is 16.6 Å². The number of rotatable bonds is 6. The second-order valence-corrected chi connectivity index (χ2v) is 6.85. The van der Waals surface area contributed by atoms with Gasteiger partial charge in [-0.15, -0.1) is 11.3 Å². The Morgan fingerprint density at radius 1 is 1.30 bits per heavy atom. The first-order chi connectivity index (χ1) is 9.60. The van der Waals surface area contributed by atoms with Crippen molar-refractivity contribution in [3.05, 3.63) is 50.6 Å². The van der Waals surface area contributed by atoms with E-state index in [-0.39, 0.29) is 0 Å². The van der Waals surface area contributed by atoms with Gasteiger partial charge in [-0.25, -0.2) is 0 Å². The van der Waals surface area contributed by atoms with E-state index >= 15 is 0 Å². The molecule has 0 radical (unpaired) electrons. The zero-order chi connectivity index (χ0) is 14.5. The molecule has 1 aromatic carbocycles. The van der Waals surface area contributed by atoms with Crippen molar-refractivity contribution in [1.29, 1.82) is 0 Å². The Morgan fingerprint density at radius 3 is 2.70 bits per heavy atom. The minimum Gasteiger partial charge on any atom is -0.496 e. The molecule has 0 bridgehead atoms. The van der Waals surface area contributed by atoms with Gasteiger partial charge in [-0.2, -0.15) is 0 Å². The monoisotopic (exact) mass is 353 g/mol. The number of halogens is 1. The Balaban J connectivity index is 1.97. The van der Waals surface area contributed by atoms with Gasteiger partial charge >= 0.3 is 0 Å². The van der Waals surface area contributed by atoms with E-state index in [0.29, 0.717) is 12.1 Å². The van der Waals surface area contributed by atoms with Crippen LogP contribution in [-0.4, -0.2) is 13.2 Å². The molecule has 0 saturated carbocycles. The van der Waals surface area contributed by atoms with Gasteiger partial charge in [0.15, 0.2) is 0 Å². The van der Waals surface area contributed by atoms with Crippen molar-refractivity contribution in [2.24, 2.45) is 0 Å². The quantitative estimate of drug-likeness (QED) is 0.805. The fourth-order valence-electron chi connectivity index (χ4n) is 2.26. The van der Waals surface area contributed by atoms with Gasteiger partial charge in [-0.05, 0) is 65.3 Å². The molecule has 1 N–H and O–H groups in total. The molecule has 0 saturated heterocycles. The van der Waals surface area contributed by atoms with Crippen LogP contribution in [0, 0.1) is 0 Å². The number of hydrogen-bond donors (Lipinski definition) is 1. The number of methoxy groups -OCH3 is 1. The summed E-state index contributed by atoms with van der Waals surface area (Å²) in [6.07, 6.45) is 1.07. The Morgan fingerprint density at radius 2 is 2.10 bits per heavy atom.